The molecule has 0 aliphatic heterocycles. The van der Waals surface area contributed by atoms with E-state index in [4.69, 9.17) is 10.7 Å². The van der Waals surface area contributed by atoms with Crippen molar-refractivity contribution in [2.75, 3.05) is 5.73 Å². The van der Waals surface area contributed by atoms with Gasteiger partial charge in [0, 0.05) is 10.6 Å². The highest BCUT2D eigenvalue weighted by Gasteiger charge is 2.19. The van der Waals surface area contributed by atoms with Crippen LogP contribution in [-0.4, -0.2) is 9.97 Å². The molecule has 0 unspecified atom stereocenters. The van der Waals surface area contributed by atoms with E-state index >= 15 is 0 Å². The summed E-state index contributed by atoms with van der Waals surface area (Å²) in [5.74, 6) is 1.53. The van der Waals surface area contributed by atoms with Crippen LogP contribution in [-0.2, 0) is 18.6 Å². The summed E-state index contributed by atoms with van der Waals surface area (Å²) in [5, 5.41) is 1.91. The fourth-order valence-corrected chi connectivity index (χ4v) is 5.26. The van der Waals surface area contributed by atoms with Gasteiger partial charge in [0.1, 0.15) is 10.6 Å². The molecule has 3 nitrogen and oxygen atoms in total. The normalized spacial score (nSPS) is 14.6. The van der Waals surface area contributed by atoms with Gasteiger partial charge in [0.15, 0.2) is 5.16 Å². The fourth-order valence-electron chi connectivity index (χ4n) is 3.13. The number of aryl methyl sites for hydroxylation is 2. The van der Waals surface area contributed by atoms with Crippen LogP contribution < -0.4 is 5.73 Å². The van der Waals surface area contributed by atoms with Gasteiger partial charge in [0.2, 0.25) is 0 Å². The Morgan fingerprint density at radius 1 is 1.04 bits per heavy atom. The topological polar surface area (TPSA) is 51.8 Å². The lowest BCUT2D eigenvalue weighted by molar-refractivity contribution is 0.713. The molecule has 0 bridgehead atoms. The van der Waals surface area contributed by atoms with E-state index in [-0.39, 0.29) is 0 Å². The largest absolute Gasteiger partial charge is 0.383 e. The summed E-state index contributed by atoms with van der Waals surface area (Å²) in [5.41, 5.74) is 8.98. The van der Waals surface area contributed by atoms with Crippen molar-refractivity contribution in [3.8, 4) is 0 Å². The third kappa shape index (κ3) is 3.08. The smallest absolute Gasteiger partial charge is 0.191 e. The van der Waals surface area contributed by atoms with Gasteiger partial charge in [0.25, 0.3) is 0 Å². The lowest BCUT2D eigenvalue weighted by atomic mass is 10.1. The maximum Gasteiger partial charge on any atom is 0.191 e. The van der Waals surface area contributed by atoms with E-state index in [0.717, 1.165) is 27.5 Å². The van der Waals surface area contributed by atoms with Gasteiger partial charge >= 0.3 is 0 Å². The summed E-state index contributed by atoms with van der Waals surface area (Å²) in [4.78, 5) is 11.9. The summed E-state index contributed by atoms with van der Waals surface area (Å²) in [6, 6.07) is 10.4. The Labute approximate surface area is 144 Å². The highest BCUT2D eigenvalue weighted by molar-refractivity contribution is 7.98. The summed E-state index contributed by atoms with van der Waals surface area (Å²) in [6.07, 6.45) is 6.14. The first-order valence-corrected chi connectivity index (χ1v) is 9.86. The summed E-state index contributed by atoms with van der Waals surface area (Å²) in [6.45, 7) is 0. The van der Waals surface area contributed by atoms with E-state index in [0.29, 0.717) is 5.82 Å². The number of hydrogen-bond acceptors (Lipinski definition) is 5. The molecule has 5 heteroatoms. The average Bonchev–Trinajstić information content (AvgIpc) is 2.76. The Balaban J connectivity index is 1.65. The Kier molecular flexibility index (Phi) is 4.23. The van der Waals surface area contributed by atoms with Gasteiger partial charge in [-0.2, -0.15) is 0 Å². The number of hydrogen-bond donors (Lipinski definition) is 1. The minimum atomic E-state index is 0.657. The first kappa shape index (κ1) is 15.0. The molecule has 2 heterocycles. The lowest BCUT2D eigenvalue weighted by Gasteiger charge is -2.04. The zero-order valence-corrected chi connectivity index (χ0v) is 14.6. The average molecular weight is 342 g/mol. The van der Waals surface area contributed by atoms with Crippen molar-refractivity contribution in [1.29, 1.82) is 0 Å². The molecule has 2 N–H and O–H groups in total. The van der Waals surface area contributed by atoms with Crippen LogP contribution in [0.15, 0.2) is 35.5 Å². The number of benzene rings is 1. The quantitative estimate of drug-likeness (QED) is 0.421. The molecule has 118 valence electrons. The number of rotatable bonds is 3. The fraction of sp³-hybridized carbons (Fsp3) is 0.333. The number of anilines is 1. The van der Waals surface area contributed by atoms with E-state index in [1.165, 1.54) is 41.7 Å². The van der Waals surface area contributed by atoms with Crippen LogP contribution in [0.3, 0.4) is 0 Å². The molecule has 0 fully saturated rings. The molecule has 0 saturated carbocycles. The first-order valence-electron chi connectivity index (χ1n) is 8.06. The number of nitrogen functional groups attached to an aromatic ring is 1. The van der Waals surface area contributed by atoms with E-state index in [1.807, 2.05) is 17.4 Å². The minimum Gasteiger partial charge on any atom is -0.383 e. The van der Waals surface area contributed by atoms with Crippen LogP contribution in [0.2, 0.25) is 0 Å². The first-order chi connectivity index (χ1) is 11.3. The predicted octanol–water partition coefficient (Wildman–Crippen LogP) is 4.83. The number of nitrogens with zero attached hydrogens (tertiary/aromatic N) is 2. The lowest BCUT2D eigenvalue weighted by Crippen LogP contribution is -1.97. The van der Waals surface area contributed by atoms with E-state index in [9.17, 15) is 0 Å². The van der Waals surface area contributed by atoms with Crippen molar-refractivity contribution in [2.24, 2.45) is 0 Å². The van der Waals surface area contributed by atoms with Gasteiger partial charge in [-0.1, -0.05) is 48.5 Å². The molecule has 0 spiro atoms. The molecule has 0 radical (unpaired) electrons. The van der Waals surface area contributed by atoms with Crippen LogP contribution >= 0.6 is 23.1 Å². The monoisotopic (exact) mass is 341 g/mol. The van der Waals surface area contributed by atoms with Crippen LogP contribution in [0.5, 0.6) is 0 Å². The second kappa shape index (κ2) is 6.49. The molecule has 0 atom stereocenters. The van der Waals surface area contributed by atoms with Crippen LogP contribution in [0, 0.1) is 0 Å². The SMILES string of the molecule is Nc1nc(SCc2ccccc2)nc2sc3c(c12)CCCCC3. The molecule has 1 aromatic carbocycles. The van der Waals surface area contributed by atoms with Crippen molar-refractivity contribution in [1.82, 2.24) is 9.97 Å². The number of nitrogens with two attached hydrogens (primary N) is 1. The number of aromatic nitrogens is 2. The van der Waals surface area contributed by atoms with Gasteiger partial charge in [-0.15, -0.1) is 11.3 Å². The number of fused-ring (bicyclic) bond motifs is 3. The third-order valence-corrected chi connectivity index (χ3v) is 6.39. The Hall–Kier alpha value is -1.59. The zero-order valence-electron chi connectivity index (χ0n) is 12.9. The maximum atomic E-state index is 6.29. The molecule has 0 amide bonds. The van der Waals surface area contributed by atoms with Gasteiger partial charge < -0.3 is 5.73 Å². The second-order valence-corrected chi connectivity index (χ2v) is 7.94. The molecule has 0 saturated heterocycles. The molecule has 1 aliphatic carbocycles. The van der Waals surface area contributed by atoms with Gasteiger partial charge in [-0.25, -0.2) is 9.97 Å². The molecule has 4 rings (SSSR count). The van der Waals surface area contributed by atoms with Crippen LogP contribution in [0.1, 0.15) is 35.3 Å². The summed E-state index contributed by atoms with van der Waals surface area (Å²) < 4.78 is 0. The molecule has 2 aromatic heterocycles. The standard InChI is InChI=1S/C18H19N3S2/c19-16-15-13-9-5-2-6-10-14(13)23-17(15)21-18(20-16)22-11-12-7-3-1-4-8-12/h1,3-4,7-8H,2,5-6,9-11H2,(H2,19,20,21). The van der Waals surface area contributed by atoms with E-state index in [1.54, 1.807) is 11.8 Å². The van der Waals surface area contributed by atoms with Gasteiger partial charge in [-0.05, 0) is 36.8 Å². The molecular formula is C18H19N3S2. The van der Waals surface area contributed by atoms with Crippen molar-refractivity contribution in [3.05, 3.63) is 46.3 Å². The Morgan fingerprint density at radius 2 is 1.87 bits per heavy atom. The molecular weight excluding hydrogens is 322 g/mol. The number of thiophene rings is 1. The van der Waals surface area contributed by atoms with Crippen LogP contribution in [0.4, 0.5) is 5.82 Å². The van der Waals surface area contributed by atoms with Gasteiger partial charge in [0.05, 0.1) is 5.39 Å². The Bertz CT molecular complexity index is 827. The van der Waals surface area contributed by atoms with Crippen molar-refractivity contribution in [2.45, 2.75) is 43.0 Å². The van der Waals surface area contributed by atoms with Crippen molar-refractivity contribution in [3.63, 3.8) is 0 Å². The highest BCUT2D eigenvalue weighted by Crippen LogP contribution is 2.38. The molecule has 23 heavy (non-hydrogen) atoms. The third-order valence-electron chi connectivity index (χ3n) is 4.28. The molecule has 1 aliphatic rings. The summed E-state index contributed by atoms with van der Waals surface area (Å²) >= 11 is 3.48. The van der Waals surface area contributed by atoms with E-state index in [2.05, 4.69) is 29.2 Å². The summed E-state index contributed by atoms with van der Waals surface area (Å²) in [7, 11) is 0. The number of thioether (sulfide) groups is 1. The molecule has 3 aromatic rings. The highest BCUT2D eigenvalue weighted by atomic mass is 32.2. The second-order valence-electron chi connectivity index (χ2n) is 5.91. The Morgan fingerprint density at radius 3 is 2.74 bits per heavy atom. The van der Waals surface area contributed by atoms with Crippen molar-refractivity contribution >= 4 is 39.1 Å². The van der Waals surface area contributed by atoms with Crippen LogP contribution in [0.25, 0.3) is 10.2 Å². The van der Waals surface area contributed by atoms with E-state index < -0.39 is 0 Å². The maximum absolute atomic E-state index is 6.29. The minimum absolute atomic E-state index is 0.657. The zero-order chi connectivity index (χ0) is 15.6. The predicted molar refractivity (Wildman–Crippen MR) is 99.1 cm³/mol. The van der Waals surface area contributed by atoms with Gasteiger partial charge in [-0.3, -0.25) is 0 Å². The van der Waals surface area contributed by atoms with Crippen molar-refractivity contribution < 1.29 is 0 Å².